The van der Waals surface area contributed by atoms with Crippen molar-refractivity contribution >= 4 is 45.6 Å². The zero-order valence-corrected chi connectivity index (χ0v) is 12.1. The highest BCUT2D eigenvalue weighted by Gasteiger charge is 2.14. The van der Waals surface area contributed by atoms with Gasteiger partial charge in [0, 0.05) is 6.21 Å². The third-order valence-corrected chi connectivity index (χ3v) is 4.36. The van der Waals surface area contributed by atoms with E-state index in [4.69, 9.17) is 0 Å². The van der Waals surface area contributed by atoms with Crippen molar-refractivity contribution in [3.63, 3.8) is 0 Å². The van der Waals surface area contributed by atoms with Crippen LogP contribution in [0.25, 0.3) is 0 Å². The molecule has 5 heteroatoms. The number of benzene rings is 1. The van der Waals surface area contributed by atoms with E-state index in [0.717, 1.165) is 5.69 Å². The van der Waals surface area contributed by atoms with Gasteiger partial charge in [-0.05, 0) is 24.3 Å². The van der Waals surface area contributed by atoms with Crippen molar-refractivity contribution in [3.05, 3.63) is 42.0 Å². The molecule has 94 valence electrons. The van der Waals surface area contributed by atoms with Crippen molar-refractivity contribution in [1.82, 2.24) is 0 Å². The summed E-state index contributed by atoms with van der Waals surface area (Å²) < 4.78 is 5.01. The lowest BCUT2D eigenvalue weighted by Crippen LogP contribution is -2.00. The molecule has 0 saturated carbocycles. The van der Waals surface area contributed by atoms with Gasteiger partial charge in [0.05, 0.1) is 27.8 Å². The number of halogens is 1. The van der Waals surface area contributed by atoms with Crippen LogP contribution in [0.1, 0.15) is 10.4 Å². The number of hydrogen-bond acceptors (Lipinski definition) is 4. The van der Waals surface area contributed by atoms with E-state index in [1.165, 1.54) is 7.11 Å². The Morgan fingerprint density at radius 1 is 1.39 bits per heavy atom. The van der Waals surface area contributed by atoms with Crippen LogP contribution in [0.5, 0.6) is 0 Å². The average molecular weight is 326 g/mol. The molecule has 0 spiro atoms. The Hall–Kier alpha value is -1.07. The Kier molecular flexibility index (Phi) is 4.60. The molecule has 2 rings (SSSR count). The molecule has 0 amide bonds. The predicted octanol–water partition coefficient (Wildman–Crippen LogP) is 3.57. The van der Waals surface area contributed by atoms with Crippen LogP contribution in [0.2, 0.25) is 0 Å². The average Bonchev–Trinajstić information content (AvgIpc) is 2.82. The van der Waals surface area contributed by atoms with Crippen molar-refractivity contribution in [2.75, 3.05) is 7.11 Å². The summed E-state index contributed by atoms with van der Waals surface area (Å²) in [5, 5.41) is 0.301. The van der Waals surface area contributed by atoms with Crippen molar-refractivity contribution in [1.29, 1.82) is 0 Å². The minimum Gasteiger partial charge on any atom is -0.465 e. The number of carbonyl (C=O) groups is 1. The quantitative estimate of drug-likeness (QED) is 0.369. The lowest BCUT2D eigenvalue weighted by Gasteiger charge is -2.02. The molecular weight excluding hydrogens is 314 g/mol. The lowest BCUT2D eigenvalue weighted by atomic mass is 10.2. The zero-order chi connectivity index (χ0) is 13.0. The summed E-state index contributed by atoms with van der Waals surface area (Å²) in [6.45, 7) is 0. The fourth-order valence-corrected chi connectivity index (χ4v) is 3.20. The molecule has 0 radical (unpaired) electrons. The topological polar surface area (TPSA) is 38.7 Å². The minimum absolute atomic E-state index is 0.301. The normalized spacial score (nSPS) is 22.6. The molecule has 2 unspecified atom stereocenters. The van der Waals surface area contributed by atoms with Gasteiger partial charge in [-0.25, -0.2) is 4.79 Å². The monoisotopic (exact) mass is 325 g/mol. The highest BCUT2D eigenvalue weighted by Crippen LogP contribution is 2.30. The van der Waals surface area contributed by atoms with Crippen molar-refractivity contribution in [2.24, 2.45) is 4.99 Å². The second-order valence-corrected chi connectivity index (χ2v) is 6.57. The number of carbonyl (C=O) groups excluding carboxylic acids is 1. The number of aliphatic imine (C=N–C) groups is 1. The van der Waals surface area contributed by atoms with Crippen LogP contribution in [-0.2, 0) is 4.74 Å². The molecule has 0 bridgehead atoms. The van der Waals surface area contributed by atoms with Gasteiger partial charge >= 0.3 is 5.97 Å². The Morgan fingerprint density at radius 3 is 2.67 bits per heavy atom. The van der Waals surface area contributed by atoms with E-state index in [2.05, 4.69) is 37.8 Å². The van der Waals surface area contributed by atoms with Gasteiger partial charge in [0.2, 0.25) is 0 Å². The molecule has 0 aromatic heterocycles. The first-order valence-corrected chi connectivity index (χ1v) is 7.25. The molecule has 1 aliphatic rings. The summed E-state index contributed by atoms with van der Waals surface area (Å²) in [5.41, 5.74) is 1.36. The van der Waals surface area contributed by atoms with Crippen LogP contribution in [0.3, 0.4) is 0 Å². The Morgan fingerprint density at radius 2 is 2.11 bits per heavy atom. The van der Waals surface area contributed by atoms with E-state index >= 15 is 0 Å². The smallest absolute Gasteiger partial charge is 0.337 e. The molecule has 1 aliphatic heterocycles. The number of ether oxygens (including phenoxy) is 1. The Bertz CT molecular complexity index is 484. The fourth-order valence-electron chi connectivity index (χ4n) is 1.48. The van der Waals surface area contributed by atoms with E-state index in [9.17, 15) is 4.79 Å². The van der Waals surface area contributed by atoms with Crippen LogP contribution in [0.15, 0.2) is 41.4 Å². The van der Waals surface area contributed by atoms with E-state index in [0.29, 0.717) is 15.0 Å². The summed E-state index contributed by atoms with van der Waals surface area (Å²) in [4.78, 5) is 15.6. The van der Waals surface area contributed by atoms with Gasteiger partial charge in [-0.3, -0.25) is 4.99 Å². The van der Waals surface area contributed by atoms with Crippen LogP contribution in [-0.4, -0.2) is 28.7 Å². The number of rotatable bonds is 3. The molecule has 1 aromatic rings. The number of alkyl halides is 1. The van der Waals surface area contributed by atoms with Gasteiger partial charge in [0.15, 0.2) is 0 Å². The van der Waals surface area contributed by atoms with Crippen LogP contribution >= 0.6 is 27.7 Å². The molecule has 1 heterocycles. The molecule has 2 atom stereocenters. The molecule has 0 aliphatic carbocycles. The zero-order valence-electron chi connectivity index (χ0n) is 9.75. The summed E-state index contributed by atoms with van der Waals surface area (Å²) >= 11 is 5.28. The molecule has 0 N–H and O–H groups in total. The molecular formula is C13H12BrNO2S. The standard InChI is InChI=1S/C13H12BrNO2S/c1-17-13(16)9-2-4-10(5-3-9)15-8-11-6-7-12(14)18-11/h2-8,11-12H,1H3. The highest BCUT2D eigenvalue weighted by atomic mass is 79.9. The third kappa shape index (κ3) is 3.46. The summed E-state index contributed by atoms with van der Waals surface area (Å²) in [6, 6.07) is 7.03. The second-order valence-electron chi connectivity index (χ2n) is 3.65. The minimum atomic E-state index is -0.332. The van der Waals surface area contributed by atoms with E-state index in [-0.39, 0.29) is 5.97 Å². The fraction of sp³-hybridized carbons (Fsp3) is 0.231. The maximum Gasteiger partial charge on any atom is 0.337 e. The van der Waals surface area contributed by atoms with Crippen molar-refractivity contribution in [3.8, 4) is 0 Å². The van der Waals surface area contributed by atoms with Gasteiger partial charge < -0.3 is 4.74 Å². The largest absolute Gasteiger partial charge is 0.465 e. The van der Waals surface area contributed by atoms with Crippen LogP contribution in [0, 0.1) is 0 Å². The van der Waals surface area contributed by atoms with Gasteiger partial charge in [0.1, 0.15) is 0 Å². The van der Waals surface area contributed by atoms with Crippen LogP contribution in [0.4, 0.5) is 5.69 Å². The first kappa shape index (κ1) is 13.4. The molecule has 1 aromatic carbocycles. The number of hydrogen-bond donors (Lipinski definition) is 0. The number of esters is 1. The summed E-state index contributed by atoms with van der Waals surface area (Å²) in [6.07, 6.45) is 6.10. The number of thioether (sulfide) groups is 1. The van der Waals surface area contributed by atoms with E-state index < -0.39 is 0 Å². The van der Waals surface area contributed by atoms with E-state index in [1.807, 2.05) is 6.21 Å². The highest BCUT2D eigenvalue weighted by molar-refractivity contribution is 9.11. The maximum atomic E-state index is 11.2. The lowest BCUT2D eigenvalue weighted by molar-refractivity contribution is 0.0601. The second kappa shape index (κ2) is 6.20. The van der Waals surface area contributed by atoms with Gasteiger partial charge in [-0.15, -0.1) is 11.8 Å². The maximum absolute atomic E-state index is 11.2. The first-order chi connectivity index (χ1) is 8.69. The third-order valence-electron chi connectivity index (χ3n) is 2.40. The Labute approximate surface area is 118 Å². The first-order valence-electron chi connectivity index (χ1n) is 5.39. The Balaban J connectivity index is 2.00. The van der Waals surface area contributed by atoms with Gasteiger partial charge in [-0.2, -0.15) is 0 Å². The summed E-state index contributed by atoms with van der Waals surface area (Å²) in [5.74, 6) is -0.332. The SMILES string of the molecule is COC(=O)c1ccc(N=CC2C=CC(Br)S2)cc1. The molecule has 0 saturated heterocycles. The van der Waals surface area contributed by atoms with Gasteiger partial charge in [-0.1, -0.05) is 28.1 Å². The molecule has 18 heavy (non-hydrogen) atoms. The molecule has 3 nitrogen and oxygen atoms in total. The number of nitrogens with zero attached hydrogens (tertiary/aromatic N) is 1. The number of methoxy groups -OCH3 is 1. The van der Waals surface area contributed by atoms with Crippen molar-refractivity contribution < 1.29 is 9.53 Å². The van der Waals surface area contributed by atoms with Crippen molar-refractivity contribution in [2.45, 2.75) is 9.41 Å². The molecule has 0 fully saturated rings. The summed E-state index contributed by atoms with van der Waals surface area (Å²) in [7, 11) is 1.37. The van der Waals surface area contributed by atoms with Gasteiger partial charge in [0.25, 0.3) is 0 Å². The van der Waals surface area contributed by atoms with E-state index in [1.54, 1.807) is 36.0 Å². The predicted molar refractivity (Wildman–Crippen MR) is 79.2 cm³/mol. The van der Waals surface area contributed by atoms with Crippen LogP contribution < -0.4 is 0 Å².